The SMILES string of the molecule is CCc1nnc2c(SCC(=O)Nc3ccc(OC)cc3OC)nc3ccccc3n12. The van der Waals surface area contributed by atoms with Crippen LogP contribution in [0.2, 0.25) is 0 Å². The van der Waals surface area contributed by atoms with Gasteiger partial charge in [-0.15, -0.1) is 10.2 Å². The van der Waals surface area contributed by atoms with E-state index in [-0.39, 0.29) is 11.7 Å². The van der Waals surface area contributed by atoms with Crippen molar-refractivity contribution in [2.24, 2.45) is 0 Å². The number of ether oxygens (including phenoxy) is 2. The molecule has 0 aliphatic rings. The fourth-order valence-corrected chi connectivity index (χ4v) is 3.93. The van der Waals surface area contributed by atoms with Crippen LogP contribution in [0.15, 0.2) is 47.5 Å². The zero-order chi connectivity index (χ0) is 21.1. The number of amides is 1. The molecule has 4 rings (SSSR count). The van der Waals surface area contributed by atoms with Gasteiger partial charge in [0.2, 0.25) is 5.91 Å². The Morgan fingerprint density at radius 3 is 2.73 bits per heavy atom. The molecule has 0 spiro atoms. The van der Waals surface area contributed by atoms with Crippen LogP contribution in [0.1, 0.15) is 12.7 Å². The molecule has 0 atom stereocenters. The number of aromatic nitrogens is 4. The largest absolute Gasteiger partial charge is 0.497 e. The van der Waals surface area contributed by atoms with Crippen LogP contribution >= 0.6 is 11.8 Å². The number of methoxy groups -OCH3 is 2. The monoisotopic (exact) mass is 423 g/mol. The molecular weight excluding hydrogens is 402 g/mol. The van der Waals surface area contributed by atoms with Gasteiger partial charge in [-0.05, 0) is 24.3 Å². The molecule has 0 aliphatic carbocycles. The fourth-order valence-electron chi connectivity index (χ4n) is 3.16. The van der Waals surface area contributed by atoms with E-state index in [0.717, 1.165) is 23.3 Å². The highest BCUT2D eigenvalue weighted by molar-refractivity contribution is 8.00. The molecule has 0 radical (unpaired) electrons. The number of hydrogen-bond acceptors (Lipinski definition) is 7. The van der Waals surface area contributed by atoms with Crippen molar-refractivity contribution in [1.82, 2.24) is 19.6 Å². The van der Waals surface area contributed by atoms with Crippen molar-refractivity contribution < 1.29 is 14.3 Å². The molecule has 0 saturated carbocycles. The van der Waals surface area contributed by atoms with Gasteiger partial charge in [0, 0.05) is 12.5 Å². The van der Waals surface area contributed by atoms with E-state index < -0.39 is 0 Å². The average molecular weight is 423 g/mol. The molecule has 2 aromatic carbocycles. The third kappa shape index (κ3) is 3.76. The Bertz CT molecular complexity index is 1220. The fraction of sp³-hybridized carbons (Fsp3) is 0.238. The number of nitrogens with zero attached hydrogens (tertiary/aromatic N) is 4. The number of fused-ring (bicyclic) bond motifs is 3. The lowest BCUT2D eigenvalue weighted by molar-refractivity contribution is -0.113. The summed E-state index contributed by atoms with van der Waals surface area (Å²) in [7, 11) is 3.13. The minimum atomic E-state index is -0.174. The van der Waals surface area contributed by atoms with E-state index in [1.165, 1.54) is 11.8 Å². The van der Waals surface area contributed by atoms with E-state index in [1.807, 2.05) is 35.6 Å². The number of hydrogen-bond donors (Lipinski definition) is 1. The molecule has 0 bridgehead atoms. The van der Waals surface area contributed by atoms with Crippen molar-refractivity contribution in [3.63, 3.8) is 0 Å². The van der Waals surface area contributed by atoms with Crippen molar-refractivity contribution in [1.29, 1.82) is 0 Å². The third-order valence-corrected chi connectivity index (χ3v) is 5.56. The zero-order valence-electron chi connectivity index (χ0n) is 16.9. The minimum Gasteiger partial charge on any atom is -0.497 e. The molecule has 9 heteroatoms. The molecule has 30 heavy (non-hydrogen) atoms. The Labute approximate surface area is 177 Å². The predicted molar refractivity (Wildman–Crippen MR) is 117 cm³/mol. The van der Waals surface area contributed by atoms with Crippen LogP contribution in [-0.4, -0.2) is 45.5 Å². The molecular formula is C21H21N5O3S. The lowest BCUT2D eigenvalue weighted by Gasteiger charge is -2.12. The number of benzene rings is 2. The highest BCUT2D eigenvalue weighted by Gasteiger charge is 2.16. The Morgan fingerprint density at radius 1 is 1.13 bits per heavy atom. The Kier molecular flexibility index (Phi) is 5.71. The standard InChI is InChI=1S/C21H21N5O3S/c1-4-18-24-25-20-21(23-14-7-5-6-8-16(14)26(18)20)30-12-19(27)22-15-10-9-13(28-2)11-17(15)29-3/h5-11H,4,12H2,1-3H3,(H,22,27). The van der Waals surface area contributed by atoms with Gasteiger partial charge < -0.3 is 14.8 Å². The van der Waals surface area contributed by atoms with E-state index in [9.17, 15) is 4.79 Å². The van der Waals surface area contributed by atoms with Crippen LogP contribution in [0.5, 0.6) is 11.5 Å². The number of thioether (sulfide) groups is 1. The second-order valence-electron chi connectivity index (χ2n) is 6.44. The van der Waals surface area contributed by atoms with E-state index >= 15 is 0 Å². The van der Waals surface area contributed by atoms with Crippen molar-refractivity contribution >= 4 is 40.0 Å². The molecule has 0 fully saturated rings. The quantitative estimate of drug-likeness (QED) is 0.454. The molecule has 1 amide bonds. The molecule has 0 unspecified atom stereocenters. The van der Waals surface area contributed by atoms with Gasteiger partial charge in [0.1, 0.15) is 22.3 Å². The lowest BCUT2D eigenvalue weighted by atomic mass is 10.2. The summed E-state index contributed by atoms with van der Waals surface area (Å²) < 4.78 is 12.5. The second-order valence-corrected chi connectivity index (χ2v) is 7.40. The maximum absolute atomic E-state index is 12.6. The summed E-state index contributed by atoms with van der Waals surface area (Å²) >= 11 is 1.33. The topological polar surface area (TPSA) is 90.6 Å². The summed E-state index contributed by atoms with van der Waals surface area (Å²) in [6.45, 7) is 2.04. The lowest BCUT2D eigenvalue weighted by Crippen LogP contribution is -2.15. The van der Waals surface area contributed by atoms with Gasteiger partial charge in [0.15, 0.2) is 5.65 Å². The molecule has 2 heterocycles. The zero-order valence-corrected chi connectivity index (χ0v) is 17.7. The number of carbonyl (C=O) groups is 1. The first-order valence-electron chi connectivity index (χ1n) is 9.42. The van der Waals surface area contributed by atoms with Gasteiger partial charge in [-0.2, -0.15) is 0 Å². The van der Waals surface area contributed by atoms with Crippen LogP contribution in [0.4, 0.5) is 5.69 Å². The maximum Gasteiger partial charge on any atom is 0.234 e. The maximum atomic E-state index is 12.6. The summed E-state index contributed by atoms with van der Waals surface area (Å²) in [6.07, 6.45) is 0.747. The number of nitrogens with one attached hydrogen (secondary N) is 1. The molecule has 1 N–H and O–H groups in total. The van der Waals surface area contributed by atoms with E-state index in [2.05, 4.69) is 15.5 Å². The Morgan fingerprint density at radius 2 is 1.97 bits per heavy atom. The molecule has 0 saturated heterocycles. The van der Waals surface area contributed by atoms with Crippen LogP contribution in [-0.2, 0) is 11.2 Å². The first-order chi connectivity index (χ1) is 14.6. The average Bonchev–Trinajstić information content (AvgIpc) is 3.22. The van der Waals surface area contributed by atoms with Crippen LogP contribution in [0.3, 0.4) is 0 Å². The highest BCUT2D eigenvalue weighted by atomic mass is 32.2. The van der Waals surface area contributed by atoms with Gasteiger partial charge in [0.25, 0.3) is 0 Å². The van der Waals surface area contributed by atoms with Crippen molar-refractivity contribution in [2.45, 2.75) is 18.4 Å². The summed E-state index contributed by atoms with van der Waals surface area (Å²) in [5.74, 6) is 2.04. The summed E-state index contributed by atoms with van der Waals surface area (Å²) in [6, 6.07) is 13.1. The van der Waals surface area contributed by atoms with E-state index in [4.69, 9.17) is 14.5 Å². The van der Waals surface area contributed by atoms with Gasteiger partial charge >= 0.3 is 0 Å². The number of para-hydroxylation sites is 2. The summed E-state index contributed by atoms with van der Waals surface area (Å²) in [5, 5.41) is 12.1. The Hall–Kier alpha value is -3.33. The third-order valence-electron chi connectivity index (χ3n) is 4.60. The van der Waals surface area contributed by atoms with Crippen molar-refractivity contribution in [2.75, 3.05) is 25.3 Å². The molecule has 154 valence electrons. The van der Waals surface area contributed by atoms with Crippen LogP contribution in [0.25, 0.3) is 16.7 Å². The van der Waals surface area contributed by atoms with Crippen LogP contribution < -0.4 is 14.8 Å². The molecule has 8 nitrogen and oxygen atoms in total. The molecule has 2 aromatic heterocycles. The van der Waals surface area contributed by atoms with E-state index in [0.29, 0.717) is 27.9 Å². The number of carbonyl (C=O) groups excluding carboxylic acids is 1. The minimum absolute atomic E-state index is 0.171. The molecule has 4 aromatic rings. The highest BCUT2D eigenvalue weighted by Crippen LogP contribution is 2.30. The summed E-state index contributed by atoms with van der Waals surface area (Å²) in [4.78, 5) is 17.3. The van der Waals surface area contributed by atoms with Crippen LogP contribution in [0, 0.1) is 0 Å². The Balaban J connectivity index is 1.58. The smallest absolute Gasteiger partial charge is 0.234 e. The number of aryl methyl sites for hydroxylation is 1. The predicted octanol–water partition coefficient (Wildman–Crippen LogP) is 3.59. The summed E-state index contributed by atoms with van der Waals surface area (Å²) in [5.41, 5.74) is 3.02. The van der Waals surface area contributed by atoms with Gasteiger partial charge in [-0.3, -0.25) is 9.20 Å². The number of rotatable bonds is 7. The van der Waals surface area contributed by atoms with Gasteiger partial charge in [-0.1, -0.05) is 30.8 Å². The van der Waals surface area contributed by atoms with E-state index in [1.54, 1.807) is 32.4 Å². The van der Waals surface area contributed by atoms with Gasteiger partial charge in [0.05, 0.1) is 36.7 Å². The van der Waals surface area contributed by atoms with Crippen molar-refractivity contribution in [3.8, 4) is 11.5 Å². The number of anilines is 1. The first kappa shape index (κ1) is 20.0. The molecule has 0 aliphatic heterocycles. The first-order valence-corrected chi connectivity index (χ1v) is 10.4. The normalized spacial score (nSPS) is 11.0. The second kappa shape index (κ2) is 8.58. The van der Waals surface area contributed by atoms with Crippen molar-refractivity contribution in [3.05, 3.63) is 48.3 Å². The van der Waals surface area contributed by atoms with Gasteiger partial charge in [-0.25, -0.2) is 4.98 Å².